The molecular formula is C12H15ClO3. The lowest BCUT2D eigenvalue weighted by atomic mass is 9.99. The number of methoxy groups -OCH3 is 2. The van der Waals surface area contributed by atoms with E-state index in [-0.39, 0.29) is 5.78 Å². The van der Waals surface area contributed by atoms with Gasteiger partial charge in [0.2, 0.25) is 0 Å². The van der Waals surface area contributed by atoms with Gasteiger partial charge in [-0.2, -0.15) is 0 Å². The number of ketones is 1. The van der Waals surface area contributed by atoms with Crippen molar-refractivity contribution in [3.8, 4) is 11.5 Å². The molecule has 0 saturated heterocycles. The Morgan fingerprint density at radius 2 is 1.56 bits per heavy atom. The van der Waals surface area contributed by atoms with Crippen LogP contribution >= 0.6 is 11.6 Å². The Hall–Kier alpha value is -1.22. The Balaban J connectivity index is 3.71. The molecule has 0 amide bonds. The monoisotopic (exact) mass is 242 g/mol. The summed E-state index contributed by atoms with van der Waals surface area (Å²) in [5.41, 5.74) is 1.96. The Kier molecular flexibility index (Phi) is 3.81. The third-order valence-electron chi connectivity index (χ3n) is 2.57. The first-order valence-electron chi connectivity index (χ1n) is 4.87. The van der Waals surface area contributed by atoms with Gasteiger partial charge in [0.15, 0.2) is 5.78 Å². The fraction of sp³-hybridized carbons (Fsp3) is 0.417. The topological polar surface area (TPSA) is 35.5 Å². The maximum Gasteiger partial charge on any atom is 0.163 e. The molecule has 1 rings (SSSR count). The van der Waals surface area contributed by atoms with Crippen molar-refractivity contribution in [2.45, 2.75) is 20.8 Å². The van der Waals surface area contributed by atoms with Gasteiger partial charge in [0.05, 0.1) is 24.8 Å². The minimum atomic E-state index is -0.0626. The van der Waals surface area contributed by atoms with Gasteiger partial charge in [-0.1, -0.05) is 11.6 Å². The van der Waals surface area contributed by atoms with Crippen molar-refractivity contribution in [3.63, 3.8) is 0 Å². The van der Waals surface area contributed by atoms with Gasteiger partial charge >= 0.3 is 0 Å². The van der Waals surface area contributed by atoms with Crippen molar-refractivity contribution in [1.82, 2.24) is 0 Å². The van der Waals surface area contributed by atoms with E-state index >= 15 is 0 Å². The van der Waals surface area contributed by atoms with Gasteiger partial charge in [0.1, 0.15) is 11.5 Å². The minimum absolute atomic E-state index is 0.0626. The lowest BCUT2D eigenvalue weighted by Crippen LogP contribution is -2.05. The van der Waals surface area contributed by atoms with Crippen LogP contribution in [0.5, 0.6) is 11.5 Å². The number of carbonyl (C=O) groups is 1. The first-order valence-corrected chi connectivity index (χ1v) is 5.25. The Bertz CT molecular complexity index is 439. The molecule has 0 atom stereocenters. The number of ether oxygens (including phenoxy) is 2. The summed E-state index contributed by atoms with van der Waals surface area (Å²) >= 11 is 6.14. The van der Waals surface area contributed by atoms with Crippen LogP contribution < -0.4 is 9.47 Å². The van der Waals surface area contributed by atoms with Crippen LogP contribution in [0.3, 0.4) is 0 Å². The quantitative estimate of drug-likeness (QED) is 0.764. The molecule has 0 aliphatic heterocycles. The highest BCUT2D eigenvalue weighted by atomic mass is 35.5. The molecule has 0 saturated carbocycles. The van der Waals surface area contributed by atoms with E-state index in [2.05, 4.69) is 0 Å². The third kappa shape index (κ3) is 1.87. The second-order valence-corrected chi connectivity index (χ2v) is 3.94. The van der Waals surface area contributed by atoms with Crippen LogP contribution in [0.4, 0.5) is 0 Å². The zero-order valence-electron chi connectivity index (χ0n) is 10.1. The molecule has 4 heteroatoms. The molecule has 0 fully saturated rings. The van der Waals surface area contributed by atoms with Crippen molar-refractivity contribution in [3.05, 3.63) is 21.7 Å². The Labute approximate surface area is 100 Å². The summed E-state index contributed by atoms with van der Waals surface area (Å²) in [5, 5.41) is 0.488. The molecule has 1 aromatic carbocycles. The third-order valence-corrected chi connectivity index (χ3v) is 3.03. The maximum absolute atomic E-state index is 11.6. The van der Waals surface area contributed by atoms with E-state index in [1.165, 1.54) is 21.1 Å². The van der Waals surface area contributed by atoms with Gasteiger partial charge in [-0.15, -0.1) is 0 Å². The Morgan fingerprint density at radius 3 is 1.94 bits per heavy atom. The number of hydrogen-bond donors (Lipinski definition) is 0. The molecule has 0 radical (unpaired) electrons. The molecule has 0 N–H and O–H groups in total. The maximum atomic E-state index is 11.6. The molecule has 0 aromatic heterocycles. The SMILES string of the molecule is COc1c(C)c(C(C)=O)c(OC)c(C)c1Cl. The summed E-state index contributed by atoms with van der Waals surface area (Å²) < 4.78 is 10.4. The summed E-state index contributed by atoms with van der Waals surface area (Å²) in [6.07, 6.45) is 0. The normalized spacial score (nSPS) is 10.1. The van der Waals surface area contributed by atoms with Gasteiger partial charge in [-0.05, 0) is 20.8 Å². The van der Waals surface area contributed by atoms with E-state index in [0.29, 0.717) is 27.6 Å². The lowest BCUT2D eigenvalue weighted by Gasteiger charge is -2.17. The average molecular weight is 243 g/mol. The first kappa shape index (κ1) is 12.8. The van der Waals surface area contributed by atoms with Crippen LogP contribution in [0.1, 0.15) is 28.4 Å². The first-order chi connectivity index (χ1) is 7.45. The molecule has 0 bridgehead atoms. The predicted molar refractivity (Wildman–Crippen MR) is 64.0 cm³/mol. The second-order valence-electron chi connectivity index (χ2n) is 3.56. The summed E-state index contributed by atoms with van der Waals surface area (Å²) in [5.74, 6) is 0.994. The van der Waals surface area contributed by atoms with E-state index in [1.54, 1.807) is 13.8 Å². The summed E-state index contributed by atoms with van der Waals surface area (Å²) in [7, 11) is 3.06. The molecule has 0 spiro atoms. The van der Waals surface area contributed by atoms with Crippen molar-refractivity contribution < 1.29 is 14.3 Å². The van der Waals surface area contributed by atoms with Gasteiger partial charge < -0.3 is 9.47 Å². The van der Waals surface area contributed by atoms with E-state index in [1.807, 2.05) is 0 Å². The van der Waals surface area contributed by atoms with Crippen LogP contribution in [0, 0.1) is 13.8 Å². The van der Waals surface area contributed by atoms with Gasteiger partial charge in [-0.3, -0.25) is 4.79 Å². The summed E-state index contributed by atoms with van der Waals surface area (Å²) in [4.78, 5) is 11.6. The van der Waals surface area contributed by atoms with Crippen molar-refractivity contribution >= 4 is 17.4 Å². The van der Waals surface area contributed by atoms with Crippen LogP contribution in [0.25, 0.3) is 0 Å². The van der Waals surface area contributed by atoms with Crippen molar-refractivity contribution in [1.29, 1.82) is 0 Å². The van der Waals surface area contributed by atoms with Gasteiger partial charge in [-0.25, -0.2) is 0 Å². The van der Waals surface area contributed by atoms with Crippen LogP contribution in [-0.4, -0.2) is 20.0 Å². The second kappa shape index (κ2) is 4.74. The highest BCUT2D eigenvalue weighted by Crippen LogP contribution is 2.41. The van der Waals surface area contributed by atoms with E-state index in [0.717, 1.165) is 5.56 Å². The number of carbonyl (C=O) groups excluding carboxylic acids is 1. The van der Waals surface area contributed by atoms with Crippen LogP contribution in [0.15, 0.2) is 0 Å². The molecule has 88 valence electrons. The number of hydrogen-bond acceptors (Lipinski definition) is 3. The van der Waals surface area contributed by atoms with Crippen molar-refractivity contribution in [2.24, 2.45) is 0 Å². The van der Waals surface area contributed by atoms with Gasteiger partial charge in [0.25, 0.3) is 0 Å². The molecular weight excluding hydrogens is 228 g/mol. The lowest BCUT2D eigenvalue weighted by molar-refractivity contribution is 0.101. The highest BCUT2D eigenvalue weighted by Gasteiger charge is 2.22. The molecule has 0 unspecified atom stereocenters. The molecule has 16 heavy (non-hydrogen) atoms. The molecule has 0 aliphatic rings. The van der Waals surface area contributed by atoms with E-state index in [4.69, 9.17) is 21.1 Å². The fourth-order valence-electron chi connectivity index (χ4n) is 1.83. The summed E-state index contributed by atoms with van der Waals surface area (Å²) in [6, 6.07) is 0. The largest absolute Gasteiger partial charge is 0.496 e. The van der Waals surface area contributed by atoms with E-state index in [9.17, 15) is 4.79 Å². The van der Waals surface area contributed by atoms with Gasteiger partial charge in [0, 0.05) is 11.1 Å². The van der Waals surface area contributed by atoms with Crippen LogP contribution in [-0.2, 0) is 0 Å². The predicted octanol–water partition coefficient (Wildman–Crippen LogP) is 3.18. The molecule has 3 nitrogen and oxygen atoms in total. The number of Topliss-reactive ketones (excluding diaryl/α,β-unsaturated/α-hetero) is 1. The number of rotatable bonds is 3. The molecule has 0 heterocycles. The Morgan fingerprint density at radius 1 is 1.06 bits per heavy atom. The standard InChI is InChI=1S/C12H15ClO3/c1-6-9(8(3)14)11(15-4)7(2)10(13)12(6)16-5/h1-5H3. The molecule has 0 aliphatic carbocycles. The average Bonchev–Trinajstić information content (AvgIpc) is 2.23. The number of halogens is 1. The van der Waals surface area contributed by atoms with E-state index < -0.39 is 0 Å². The van der Waals surface area contributed by atoms with Crippen LogP contribution in [0.2, 0.25) is 5.02 Å². The minimum Gasteiger partial charge on any atom is -0.496 e. The smallest absolute Gasteiger partial charge is 0.163 e. The zero-order chi connectivity index (χ0) is 12.5. The number of benzene rings is 1. The summed E-state index contributed by atoms with van der Waals surface area (Å²) in [6.45, 7) is 5.09. The highest BCUT2D eigenvalue weighted by molar-refractivity contribution is 6.33. The zero-order valence-corrected chi connectivity index (χ0v) is 10.9. The molecule has 1 aromatic rings. The van der Waals surface area contributed by atoms with Crippen molar-refractivity contribution in [2.75, 3.05) is 14.2 Å². The fourth-order valence-corrected chi connectivity index (χ4v) is 2.13.